The Morgan fingerprint density at radius 1 is 0.972 bits per heavy atom. The van der Waals surface area contributed by atoms with Gasteiger partial charge in [0.15, 0.2) is 11.5 Å². The van der Waals surface area contributed by atoms with E-state index in [2.05, 4.69) is 10.5 Å². The van der Waals surface area contributed by atoms with E-state index < -0.39 is 28.3 Å². The van der Waals surface area contributed by atoms with Crippen LogP contribution in [0.2, 0.25) is 0 Å². The standard InChI is InChI=1S/C25H25FN4O5S/c1-29(2)20-7-3-18(4-8-20)16-27-28-25(31)17-30(21-9-5-19(26)6-10-21)36(32,33)22-11-12-23-24(15-22)35-14-13-34-23/h3-12,15-16H,13-14,17H2,1-2H3,(H,28,31)/b27-16-. The molecule has 0 saturated carbocycles. The van der Waals surface area contributed by atoms with E-state index in [0.29, 0.717) is 12.4 Å². The van der Waals surface area contributed by atoms with Crippen LogP contribution in [0.25, 0.3) is 0 Å². The third-order valence-electron chi connectivity index (χ3n) is 5.32. The van der Waals surface area contributed by atoms with Gasteiger partial charge in [-0.1, -0.05) is 12.1 Å². The van der Waals surface area contributed by atoms with Gasteiger partial charge in [0.2, 0.25) is 0 Å². The van der Waals surface area contributed by atoms with Crippen LogP contribution in [-0.2, 0) is 14.8 Å². The van der Waals surface area contributed by atoms with Gasteiger partial charge in [0.25, 0.3) is 15.9 Å². The van der Waals surface area contributed by atoms with Gasteiger partial charge in [-0.25, -0.2) is 18.2 Å². The lowest BCUT2D eigenvalue weighted by Gasteiger charge is -2.25. The fraction of sp³-hybridized carbons (Fsp3) is 0.200. The molecule has 3 aromatic carbocycles. The van der Waals surface area contributed by atoms with Crippen molar-refractivity contribution in [3.63, 3.8) is 0 Å². The van der Waals surface area contributed by atoms with Crippen molar-refractivity contribution in [2.45, 2.75) is 4.90 Å². The molecule has 9 nitrogen and oxygen atoms in total. The lowest BCUT2D eigenvalue weighted by atomic mass is 10.2. The molecule has 1 N–H and O–H groups in total. The summed E-state index contributed by atoms with van der Waals surface area (Å²) >= 11 is 0. The van der Waals surface area contributed by atoms with E-state index in [1.54, 1.807) is 0 Å². The highest BCUT2D eigenvalue weighted by Crippen LogP contribution is 2.34. The number of anilines is 2. The number of carbonyl (C=O) groups excluding carboxylic acids is 1. The number of hydrazone groups is 1. The Kier molecular flexibility index (Phi) is 7.39. The predicted octanol–water partition coefficient (Wildman–Crippen LogP) is 3.01. The zero-order valence-corrected chi connectivity index (χ0v) is 20.5. The third kappa shape index (κ3) is 5.74. The molecule has 36 heavy (non-hydrogen) atoms. The van der Waals surface area contributed by atoms with Gasteiger partial charge >= 0.3 is 0 Å². The number of halogens is 1. The first-order valence-corrected chi connectivity index (χ1v) is 12.5. The molecule has 0 fully saturated rings. The molecule has 0 radical (unpaired) electrons. The van der Waals surface area contributed by atoms with Crippen LogP contribution in [0, 0.1) is 5.82 Å². The van der Waals surface area contributed by atoms with E-state index in [4.69, 9.17) is 9.47 Å². The minimum absolute atomic E-state index is 0.103. The van der Waals surface area contributed by atoms with Crippen molar-refractivity contribution in [2.24, 2.45) is 5.10 Å². The van der Waals surface area contributed by atoms with Gasteiger partial charge in [0, 0.05) is 25.8 Å². The van der Waals surface area contributed by atoms with Gasteiger partial charge in [0.1, 0.15) is 25.6 Å². The van der Waals surface area contributed by atoms with Crippen LogP contribution in [0.15, 0.2) is 76.7 Å². The molecule has 1 amide bonds. The Hall–Kier alpha value is -4.12. The average molecular weight is 513 g/mol. The van der Waals surface area contributed by atoms with Crippen LogP contribution in [0.4, 0.5) is 15.8 Å². The molecule has 3 aromatic rings. The molecule has 0 unspecified atom stereocenters. The van der Waals surface area contributed by atoms with E-state index >= 15 is 0 Å². The van der Waals surface area contributed by atoms with Crippen LogP contribution >= 0.6 is 0 Å². The topological polar surface area (TPSA) is 101 Å². The van der Waals surface area contributed by atoms with Crippen LogP contribution in [0.3, 0.4) is 0 Å². The Bertz CT molecular complexity index is 1360. The highest BCUT2D eigenvalue weighted by atomic mass is 32.2. The molecule has 4 rings (SSSR count). The Balaban J connectivity index is 1.55. The van der Waals surface area contributed by atoms with Gasteiger partial charge in [0.05, 0.1) is 16.8 Å². The van der Waals surface area contributed by atoms with Crippen LogP contribution in [0.5, 0.6) is 11.5 Å². The molecular formula is C25H25FN4O5S. The zero-order valence-electron chi connectivity index (χ0n) is 19.7. The number of nitrogens with zero attached hydrogens (tertiary/aromatic N) is 3. The Morgan fingerprint density at radius 3 is 2.28 bits per heavy atom. The number of benzene rings is 3. The van der Waals surface area contributed by atoms with Crippen molar-refractivity contribution in [3.8, 4) is 11.5 Å². The number of fused-ring (bicyclic) bond motifs is 1. The minimum Gasteiger partial charge on any atom is -0.486 e. The molecule has 0 saturated heterocycles. The van der Waals surface area contributed by atoms with Gasteiger partial charge in [-0.15, -0.1) is 0 Å². The van der Waals surface area contributed by atoms with E-state index in [-0.39, 0.29) is 22.9 Å². The smallest absolute Gasteiger partial charge is 0.264 e. The number of rotatable bonds is 8. The monoisotopic (exact) mass is 512 g/mol. The second-order valence-corrected chi connectivity index (χ2v) is 9.94. The maximum absolute atomic E-state index is 13.5. The summed E-state index contributed by atoms with van der Waals surface area (Å²) < 4.78 is 52.4. The maximum atomic E-state index is 13.5. The molecule has 1 heterocycles. The number of sulfonamides is 1. The largest absolute Gasteiger partial charge is 0.486 e. The first-order valence-electron chi connectivity index (χ1n) is 11.0. The lowest BCUT2D eigenvalue weighted by Crippen LogP contribution is -2.39. The van der Waals surface area contributed by atoms with Crippen LogP contribution < -0.4 is 24.1 Å². The molecule has 1 aliphatic rings. The highest BCUT2D eigenvalue weighted by Gasteiger charge is 2.29. The molecular weight excluding hydrogens is 487 g/mol. The second-order valence-electron chi connectivity index (χ2n) is 8.07. The molecule has 0 spiro atoms. The first kappa shape index (κ1) is 25.0. The summed E-state index contributed by atoms with van der Waals surface area (Å²) in [6.07, 6.45) is 1.45. The SMILES string of the molecule is CN(C)c1ccc(/C=N\NC(=O)CN(c2ccc(F)cc2)S(=O)(=O)c2ccc3c(c2)OCCO3)cc1. The minimum atomic E-state index is -4.23. The third-order valence-corrected chi connectivity index (χ3v) is 7.09. The van der Waals surface area contributed by atoms with Crippen molar-refractivity contribution in [1.82, 2.24) is 5.43 Å². The quantitative estimate of drug-likeness (QED) is 0.368. The number of hydrogen-bond donors (Lipinski definition) is 1. The Labute approximate surface area is 208 Å². The molecule has 11 heteroatoms. The molecule has 1 aliphatic heterocycles. The van der Waals surface area contributed by atoms with Crippen molar-refractivity contribution in [1.29, 1.82) is 0 Å². The maximum Gasteiger partial charge on any atom is 0.264 e. The van der Waals surface area contributed by atoms with Gasteiger partial charge in [-0.2, -0.15) is 5.10 Å². The fourth-order valence-electron chi connectivity index (χ4n) is 3.44. The summed E-state index contributed by atoms with van der Waals surface area (Å²) in [4.78, 5) is 14.5. The normalized spacial score (nSPS) is 12.9. The summed E-state index contributed by atoms with van der Waals surface area (Å²) in [5, 5.41) is 3.93. The van der Waals surface area contributed by atoms with Gasteiger partial charge < -0.3 is 14.4 Å². The zero-order chi connectivity index (χ0) is 25.7. The summed E-state index contributed by atoms with van der Waals surface area (Å²) in [5.74, 6) is -0.499. The first-order chi connectivity index (χ1) is 17.2. The summed E-state index contributed by atoms with van der Waals surface area (Å²) in [7, 11) is -0.376. The molecule has 188 valence electrons. The van der Waals surface area contributed by atoms with E-state index in [0.717, 1.165) is 27.7 Å². The number of nitrogens with one attached hydrogen (secondary N) is 1. The van der Waals surface area contributed by atoms with Crippen molar-refractivity contribution in [2.75, 3.05) is 43.1 Å². The highest BCUT2D eigenvalue weighted by molar-refractivity contribution is 7.92. The van der Waals surface area contributed by atoms with Crippen LogP contribution in [-0.4, -0.2) is 54.4 Å². The van der Waals surface area contributed by atoms with Crippen LogP contribution in [0.1, 0.15) is 5.56 Å². The molecule has 0 aliphatic carbocycles. The van der Waals surface area contributed by atoms with E-state index in [1.807, 2.05) is 43.3 Å². The molecule has 0 aromatic heterocycles. The van der Waals surface area contributed by atoms with Crippen molar-refractivity contribution in [3.05, 3.63) is 78.1 Å². The summed E-state index contributed by atoms with van der Waals surface area (Å²) in [5.41, 5.74) is 4.22. The van der Waals surface area contributed by atoms with Gasteiger partial charge in [-0.05, 0) is 54.1 Å². The summed E-state index contributed by atoms with van der Waals surface area (Å²) in [6, 6.07) is 16.5. The number of carbonyl (C=O) groups is 1. The van der Waals surface area contributed by atoms with Crippen molar-refractivity contribution < 1.29 is 27.1 Å². The number of hydrogen-bond acceptors (Lipinski definition) is 7. The predicted molar refractivity (Wildman–Crippen MR) is 135 cm³/mol. The fourth-order valence-corrected chi connectivity index (χ4v) is 4.87. The number of ether oxygens (including phenoxy) is 2. The molecule has 0 atom stereocenters. The van der Waals surface area contributed by atoms with Crippen molar-refractivity contribution >= 4 is 33.5 Å². The van der Waals surface area contributed by atoms with E-state index in [9.17, 15) is 17.6 Å². The van der Waals surface area contributed by atoms with E-state index in [1.165, 1.54) is 36.5 Å². The number of amides is 1. The Morgan fingerprint density at radius 2 is 1.61 bits per heavy atom. The average Bonchev–Trinajstić information content (AvgIpc) is 2.88. The second kappa shape index (κ2) is 10.6. The summed E-state index contributed by atoms with van der Waals surface area (Å²) in [6.45, 7) is 0.0665. The van der Waals surface area contributed by atoms with Gasteiger partial charge in [-0.3, -0.25) is 9.10 Å². The lowest BCUT2D eigenvalue weighted by molar-refractivity contribution is -0.119. The molecule has 0 bridgehead atoms.